The number of fused-ring (bicyclic) bond motifs is 1. The Kier molecular flexibility index (Phi) is 4.53. The molecule has 0 atom stereocenters. The molecule has 0 radical (unpaired) electrons. The van der Waals surface area contributed by atoms with Crippen molar-refractivity contribution in [1.29, 1.82) is 0 Å². The van der Waals surface area contributed by atoms with E-state index in [4.69, 9.17) is 0 Å². The first-order valence-electron chi connectivity index (χ1n) is 8.31. The molecule has 1 N–H and O–H groups in total. The summed E-state index contributed by atoms with van der Waals surface area (Å²) in [6.07, 6.45) is 6.72. The zero-order valence-electron chi connectivity index (χ0n) is 14.9. The van der Waals surface area contributed by atoms with Crippen LogP contribution in [0.15, 0.2) is 71.6 Å². The van der Waals surface area contributed by atoms with Gasteiger partial charge in [-0.25, -0.2) is 0 Å². The minimum Gasteiger partial charge on any atom is -0.480 e. The molecule has 1 heterocycles. The number of hydrogen-bond donors (Lipinski definition) is 1. The van der Waals surface area contributed by atoms with E-state index in [0.29, 0.717) is 5.70 Å². The van der Waals surface area contributed by atoms with Crippen LogP contribution >= 0.6 is 0 Å². The SMILES string of the molecule is CC1(C)C(=CC=C2C=C([N+](=O)[O-])C=CC2=O)N(CC(=O)O)c2ccccc21. The van der Waals surface area contributed by atoms with Gasteiger partial charge in [0.05, 0.1) is 4.92 Å². The fourth-order valence-corrected chi connectivity index (χ4v) is 3.39. The van der Waals surface area contributed by atoms with Crippen LogP contribution in [0.5, 0.6) is 0 Å². The molecule has 1 aliphatic heterocycles. The molecule has 0 amide bonds. The number of anilines is 1. The normalized spacial score (nSPS) is 20.7. The van der Waals surface area contributed by atoms with E-state index >= 15 is 0 Å². The number of para-hydroxylation sites is 1. The summed E-state index contributed by atoms with van der Waals surface area (Å²) >= 11 is 0. The van der Waals surface area contributed by atoms with Gasteiger partial charge in [-0.1, -0.05) is 32.0 Å². The van der Waals surface area contributed by atoms with Crippen molar-refractivity contribution in [3.63, 3.8) is 0 Å². The molecule has 138 valence electrons. The lowest BCUT2D eigenvalue weighted by Crippen LogP contribution is -2.30. The highest BCUT2D eigenvalue weighted by atomic mass is 16.6. The summed E-state index contributed by atoms with van der Waals surface area (Å²) < 4.78 is 0. The highest BCUT2D eigenvalue weighted by Gasteiger charge is 2.40. The molecular weight excluding hydrogens is 348 g/mol. The van der Waals surface area contributed by atoms with Gasteiger partial charge in [-0.05, 0) is 29.9 Å². The Morgan fingerprint density at radius 3 is 2.63 bits per heavy atom. The second-order valence-corrected chi connectivity index (χ2v) is 6.82. The fourth-order valence-electron chi connectivity index (χ4n) is 3.39. The summed E-state index contributed by atoms with van der Waals surface area (Å²) in [7, 11) is 0. The minimum absolute atomic E-state index is 0.171. The van der Waals surface area contributed by atoms with Crippen LogP contribution in [0.1, 0.15) is 19.4 Å². The molecule has 0 spiro atoms. The molecule has 0 unspecified atom stereocenters. The van der Waals surface area contributed by atoms with Crippen molar-refractivity contribution in [2.45, 2.75) is 19.3 Å². The third kappa shape index (κ3) is 3.31. The monoisotopic (exact) mass is 366 g/mol. The summed E-state index contributed by atoms with van der Waals surface area (Å²) in [6, 6.07) is 7.53. The molecule has 1 aromatic carbocycles. The van der Waals surface area contributed by atoms with Gasteiger partial charge in [0.25, 0.3) is 5.70 Å². The van der Waals surface area contributed by atoms with Gasteiger partial charge in [-0.15, -0.1) is 0 Å². The quantitative estimate of drug-likeness (QED) is 0.499. The third-order valence-electron chi connectivity index (χ3n) is 4.72. The molecule has 27 heavy (non-hydrogen) atoms. The van der Waals surface area contributed by atoms with Crippen LogP contribution < -0.4 is 4.90 Å². The van der Waals surface area contributed by atoms with Crippen LogP contribution in [0.2, 0.25) is 0 Å². The molecule has 2 aliphatic rings. The maximum atomic E-state index is 12.0. The van der Waals surface area contributed by atoms with Crippen molar-refractivity contribution >= 4 is 17.4 Å². The Morgan fingerprint density at radius 2 is 1.96 bits per heavy atom. The standard InChI is InChI=1S/C20H18N2O5/c1-20(2)15-5-3-4-6-16(15)21(12-19(24)25)18(20)10-7-13-11-14(22(26)27)8-9-17(13)23/h3-11H,12H2,1-2H3,(H,24,25). The summed E-state index contributed by atoms with van der Waals surface area (Å²) in [5, 5.41) is 20.3. The van der Waals surface area contributed by atoms with Crippen molar-refractivity contribution in [1.82, 2.24) is 0 Å². The van der Waals surface area contributed by atoms with Gasteiger partial charge >= 0.3 is 5.97 Å². The minimum atomic E-state index is -0.978. The third-order valence-corrected chi connectivity index (χ3v) is 4.72. The Hall–Kier alpha value is -3.48. The zero-order valence-corrected chi connectivity index (χ0v) is 14.9. The van der Waals surface area contributed by atoms with Crippen molar-refractivity contribution in [3.8, 4) is 0 Å². The van der Waals surface area contributed by atoms with Crippen LogP contribution in [0.3, 0.4) is 0 Å². The lowest BCUT2D eigenvalue weighted by atomic mass is 9.83. The Labute approximate surface area is 155 Å². The first-order chi connectivity index (χ1) is 12.7. The first-order valence-corrected chi connectivity index (χ1v) is 8.31. The molecule has 0 aromatic heterocycles. The number of carboxylic acids is 1. The van der Waals surface area contributed by atoms with E-state index in [1.165, 1.54) is 18.2 Å². The number of carbonyl (C=O) groups excluding carboxylic acids is 1. The lowest BCUT2D eigenvalue weighted by molar-refractivity contribution is -0.419. The van der Waals surface area contributed by atoms with Gasteiger partial charge in [-0.2, -0.15) is 0 Å². The zero-order chi connectivity index (χ0) is 19.8. The van der Waals surface area contributed by atoms with E-state index in [-0.39, 0.29) is 23.6 Å². The number of benzene rings is 1. The molecular formula is C20H18N2O5. The summed E-state index contributed by atoms with van der Waals surface area (Å²) in [4.78, 5) is 35.5. The predicted molar refractivity (Wildman–Crippen MR) is 99.8 cm³/mol. The van der Waals surface area contributed by atoms with E-state index in [0.717, 1.165) is 17.3 Å². The number of rotatable bonds is 4. The number of aliphatic carboxylic acids is 1. The maximum Gasteiger partial charge on any atom is 0.323 e. The van der Waals surface area contributed by atoms with Crippen LogP contribution in [-0.4, -0.2) is 28.3 Å². The van der Waals surface area contributed by atoms with Gasteiger partial charge in [-0.3, -0.25) is 19.7 Å². The Morgan fingerprint density at radius 1 is 1.26 bits per heavy atom. The Balaban J connectivity index is 2.08. The molecule has 0 fully saturated rings. The highest BCUT2D eigenvalue weighted by molar-refractivity contribution is 6.07. The highest BCUT2D eigenvalue weighted by Crippen LogP contribution is 2.47. The van der Waals surface area contributed by atoms with E-state index in [1.807, 2.05) is 38.1 Å². The van der Waals surface area contributed by atoms with Gasteiger partial charge in [0.1, 0.15) is 6.54 Å². The number of carboxylic acid groups (broad SMARTS) is 1. The number of nitro groups is 1. The first kappa shape index (κ1) is 18.3. The van der Waals surface area contributed by atoms with E-state index in [9.17, 15) is 24.8 Å². The average molecular weight is 366 g/mol. The summed E-state index contributed by atoms with van der Waals surface area (Å²) in [5.74, 6) is -1.32. The van der Waals surface area contributed by atoms with Gasteiger partial charge in [0, 0.05) is 34.5 Å². The predicted octanol–water partition coefficient (Wildman–Crippen LogP) is 2.98. The van der Waals surface area contributed by atoms with Crippen molar-refractivity contribution in [3.05, 3.63) is 87.3 Å². The maximum absolute atomic E-state index is 12.0. The van der Waals surface area contributed by atoms with Gasteiger partial charge in [0.15, 0.2) is 5.78 Å². The molecule has 1 aliphatic carbocycles. The fraction of sp³-hybridized carbons (Fsp3) is 0.200. The largest absolute Gasteiger partial charge is 0.480 e. The number of ketones is 1. The molecule has 0 bridgehead atoms. The van der Waals surface area contributed by atoms with Crippen molar-refractivity contribution in [2.75, 3.05) is 11.4 Å². The van der Waals surface area contributed by atoms with Crippen LogP contribution in [0.4, 0.5) is 5.69 Å². The lowest BCUT2D eigenvalue weighted by Gasteiger charge is -2.25. The molecule has 0 saturated heterocycles. The van der Waals surface area contributed by atoms with Crippen LogP contribution in [0, 0.1) is 10.1 Å². The summed E-state index contributed by atoms with van der Waals surface area (Å²) in [6.45, 7) is 3.72. The van der Waals surface area contributed by atoms with Crippen LogP contribution in [0.25, 0.3) is 0 Å². The van der Waals surface area contributed by atoms with Gasteiger partial charge in [0.2, 0.25) is 0 Å². The molecule has 7 nitrogen and oxygen atoms in total. The van der Waals surface area contributed by atoms with Gasteiger partial charge < -0.3 is 10.0 Å². The van der Waals surface area contributed by atoms with E-state index in [1.54, 1.807) is 11.0 Å². The number of hydrogen-bond acceptors (Lipinski definition) is 5. The Bertz CT molecular complexity index is 966. The van der Waals surface area contributed by atoms with E-state index in [2.05, 4.69) is 0 Å². The number of nitrogens with zero attached hydrogens (tertiary/aromatic N) is 2. The molecule has 0 saturated carbocycles. The average Bonchev–Trinajstić information content (AvgIpc) is 2.81. The number of carbonyl (C=O) groups is 2. The summed E-state index contributed by atoms with van der Waals surface area (Å²) in [5.41, 5.74) is 2.01. The molecule has 3 rings (SSSR count). The van der Waals surface area contributed by atoms with Crippen molar-refractivity contribution in [2.24, 2.45) is 0 Å². The molecule has 7 heteroatoms. The second-order valence-electron chi connectivity index (χ2n) is 6.82. The number of allylic oxidation sites excluding steroid dienone is 7. The van der Waals surface area contributed by atoms with Crippen molar-refractivity contribution < 1.29 is 19.6 Å². The van der Waals surface area contributed by atoms with E-state index < -0.39 is 16.3 Å². The smallest absolute Gasteiger partial charge is 0.323 e. The second kappa shape index (κ2) is 6.68. The molecule has 1 aromatic rings. The van der Waals surface area contributed by atoms with Crippen LogP contribution in [-0.2, 0) is 15.0 Å². The topological polar surface area (TPSA) is 101 Å².